The lowest BCUT2D eigenvalue weighted by Crippen LogP contribution is -2.26. The van der Waals surface area contributed by atoms with Crippen molar-refractivity contribution in [3.8, 4) is 0 Å². The lowest BCUT2D eigenvalue weighted by Gasteiger charge is -2.17. The van der Waals surface area contributed by atoms with Gasteiger partial charge < -0.3 is 9.64 Å². The first kappa shape index (κ1) is 19.0. The predicted octanol–water partition coefficient (Wildman–Crippen LogP) is 3.18. The van der Waals surface area contributed by atoms with Gasteiger partial charge in [-0.3, -0.25) is 14.9 Å². The molecule has 8 heteroatoms. The number of rotatable bonds is 6. The summed E-state index contributed by atoms with van der Waals surface area (Å²) in [5.41, 5.74) is 0.235. The molecule has 136 valence electrons. The maximum Gasteiger partial charge on any atom is 0.338 e. The van der Waals surface area contributed by atoms with E-state index in [4.69, 9.17) is 4.74 Å². The number of halogens is 1. The molecule has 0 saturated carbocycles. The van der Waals surface area contributed by atoms with E-state index in [1.165, 1.54) is 42.3 Å². The summed E-state index contributed by atoms with van der Waals surface area (Å²) in [7, 11) is 1.51. The van der Waals surface area contributed by atoms with Gasteiger partial charge in [-0.15, -0.1) is 0 Å². The second-order valence-electron chi connectivity index (χ2n) is 5.53. The van der Waals surface area contributed by atoms with E-state index in [-0.39, 0.29) is 35.8 Å². The Kier molecular flexibility index (Phi) is 6.00. The monoisotopic (exact) mass is 360 g/mol. The number of nitrogens with zero attached hydrogens (tertiary/aromatic N) is 2. The number of hydrogen-bond donors (Lipinski definition) is 0. The summed E-state index contributed by atoms with van der Waals surface area (Å²) in [6.07, 6.45) is 0. The molecule has 2 aromatic rings. The number of carbonyl (C=O) groups excluding carboxylic acids is 2. The molecule has 2 aromatic carbocycles. The van der Waals surface area contributed by atoms with Crippen molar-refractivity contribution in [1.29, 1.82) is 0 Å². The Labute approximate surface area is 149 Å². The van der Waals surface area contributed by atoms with Crippen LogP contribution in [0.2, 0.25) is 0 Å². The van der Waals surface area contributed by atoms with Crippen molar-refractivity contribution < 1.29 is 23.6 Å². The van der Waals surface area contributed by atoms with Gasteiger partial charge in [0.05, 0.1) is 17.1 Å². The van der Waals surface area contributed by atoms with E-state index in [1.807, 2.05) is 0 Å². The molecule has 0 aliphatic heterocycles. The quantitative estimate of drug-likeness (QED) is 0.448. The molecule has 0 unspecified atom stereocenters. The average molecular weight is 360 g/mol. The third-order valence-corrected chi connectivity index (χ3v) is 3.57. The third-order valence-electron chi connectivity index (χ3n) is 3.57. The summed E-state index contributed by atoms with van der Waals surface area (Å²) < 4.78 is 17.8. The Balaban J connectivity index is 2.29. The Hall–Kier alpha value is -3.29. The van der Waals surface area contributed by atoms with Gasteiger partial charge in [0.25, 0.3) is 11.6 Å². The van der Waals surface area contributed by atoms with Gasteiger partial charge in [-0.05, 0) is 30.7 Å². The Morgan fingerprint density at radius 2 is 1.77 bits per heavy atom. The largest absolute Gasteiger partial charge is 0.462 e. The summed E-state index contributed by atoms with van der Waals surface area (Å²) in [4.78, 5) is 36.2. The zero-order valence-electron chi connectivity index (χ0n) is 14.3. The SMILES string of the molecule is CCOC(=O)c1cc(C(=O)N(C)Cc2ccc(F)cc2)cc([N+](=O)[O-])c1. The number of esters is 1. The number of amides is 1. The van der Waals surface area contributed by atoms with Crippen molar-refractivity contribution in [2.45, 2.75) is 13.5 Å². The van der Waals surface area contributed by atoms with Gasteiger partial charge in [0.15, 0.2) is 0 Å². The highest BCUT2D eigenvalue weighted by molar-refractivity contribution is 5.98. The van der Waals surface area contributed by atoms with Gasteiger partial charge >= 0.3 is 5.97 Å². The molecule has 26 heavy (non-hydrogen) atoms. The molecule has 0 atom stereocenters. The number of nitro groups is 1. The van der Waals surface area contributed by atoms with Crippen molar-refractivity contribution in [3.63, 3.8) is 0 Å². The summed E-state index contributed by atoms with van der Waals surface area (Å²) in [5.74, 6) is -1.64. The molecule has 0 spiro atoms. The van der Waals surface area contributed by atoms with E-state index < -0.39 is 16.8 Å². The van der Waals surface area contributed by atoms with Gasteiger partial charge in [-0.1, -0.05) is 12.1 Å². The van der Waals surface area contributed by atoms with Gasteiger partial charge in [0.2, 0.25) is 0 Å². The normalized spacial score (nSPS) is 10.3. The smallest absolute Gasteiger partial charge is 0.338 e. The highest BCUT2D eigenvalue weighted by atomic mass is 19.1. The Morgan fingerprint density at radius 1 is 1.15 bits per heavy atom. The first-order valence-corrected chi connectivity index (χ1v) is 7.78. The molecule has 0 fully saturated rings. The van der Waals surface area contributed by atoms with Crippen LogP contribution >= 0.6 is 0 Å². The number of nitro benzene ring substituents is 1. The van der Waals surface area contributed by atoms with E-state index in [9.17, 15) is 24.1 Å². The van der Waals surface area contributed by atoms with Gasteiger partial charge in [-0.25, -0.2) is 9.18 Å². The highest BCUT2D eigenvalue weighted by Gasteiger charge is 2.20. The van der Waals surface area contributed by atoms with Gasteiger partial charge in [0.1, 0.15) is 5.82 Å². The molecule has 2 rings (SSSR count). The van der Waals surface area contributed by atoms with Crippen LogP contribution in [0.4, 0.5) is 10.1 Å². The van der Waals surface area contributed by atoms with Crippen LogP contribution in [-0.4, -0.2) is 35.4 Å². The first-order chi connectivity index (χ1) is 12.3. The minimum Gasteiger partial charge on any atom is -0.462 e. The minimum absolute atomic E-state index is 0.00753. The molecule has 7 nitrogen and oxygen atoms in total. The van der Waals surface area contributed by atoms with Crippen LogP contribution in [0.3, 0.4) is 0 Å². The van der Waals surface area contributed by atoms with E-state index in [2.05, 4.69) is 0 Å². The average Bonchev–Trinajstić information content (AvgIpc) is 2.62. The van der Waals surface area contributed by atoms with Crippen molar-refractivity contribution in [2.24, 2.45) is 0 Å². The molecule has 0 radical (unpaired) electrons. The van der Waals surface area contributed by atoms with E-state index in [0.29, 0.717) is 5.56 Å². The standard InChI is InChI=1S/C18H17FN2O5/c1-3-26-18(23)14-8-13(9-16(10-14)21(24)25)17(22)20(2)11-12-4-6-15(19)7-5-12/h4-10H,3,11H2,1-2H3. The molecule has 1 amide bonds. The third kappa shape index (κ3) is 4.62. The molecule has 0 heterocycles. The van der Waals surface area contributed by atoms with Gasteiger partial charge in [0, 0.05) is 31.3 Å². The summed E-state index contributed by atoms with van der Waals surface area (Å²) in [6, 6.07) is 9.06. The van der Waals surface area contributed by atoms with Crippen molar-refractivity contribution in [3.05, 3.63) is 75.1 Å². The second kappa shape index (κ2) is 8.19. The van der Waals surface area contributed by atoms with Crippen LogP contribution in [0.1, 0.15) is 33.2 Å². The number of carbonyl (C=O) groups is 2. The predicted molar refractivity (Wildman–Crippen MR) is 91.3 cm³/mol. The fourth-order valence-corrected chi connectivity index (χ4v) is 2.33. The summed E-state index contributed by atoms with van der Waals surface area (Å²) in [6.45, 7) is 1.89. The fourth-order valence-electron chi connectivity index (χ4n) is 2.33. The van der Waals surface area contributed by atoms with E-state index in [1.54, 1.807) is 6.92 Å². The molecule has 0 N–H and O–H groups in total. The van der Waals surface area contributed by atoms with Crippen molar-refractivity contribution >= 4 is 17.6 Å². The van der Waals surface area contributed by atoms with Crippen LogP contribution in [0.5, 0.6) is 0 Å². The molecular formula is C18H17FN2O5. The van der Waals surface area contributed by atoms with Crippen molar-refractivity contribution in [1.82, 2.24) is 4.90 Å². The molecule has 0 aliphatic carbocycles. The lowest BCUT2D eigenvalue weighted by molar-refractivity contribution is -0.384. The molecule has 0 aromatic heterocycles. The van der Waals surface area contributed by atoms with Crippen LogP contribution in [0.25, 0.3) is 0 Å². The zero-order valence-corrected chi connectivity index (χ0v) is 14.3. The molecule has 0 aliphatic rings. The number of benzene rings is 2. The maximum absolute atomic E-state index is 13.0. The summed E-state index contributed by atoms with van der Waals surface area (Å²) >= 11 is 0. The molecule has 0 saturated heterocycles. The van der Waals surface area contributed by atoms with Crippen LogP contribution in [0.15, 0.2) is 42.5 Å². The number of non-ortho nitro benzene ring substituents is 1. The molecular weight excluding hydrogens is 343 g/mol. The number of hydrogen-bond acceptors (Lipinski definition) is 5. The Morgan fingerprint density at radius 3 is 2.35 bits per heavy atom. The molecule has 0 bridgehead atoms. The van der Waals surface area contributed by atoms with Crippen molar-refractivity contribution in [2.75, 3.05) is 13.7 Å². The number of ether oxygens (including phenoxy) is 1. The topological polar surface area (TPSA) is 89.8 Å². The fraction of sp³-hybridized carbons (Fsp3) is 0.222. The van der Waals surface area contributed by atoms with Crippen LogP contribution < -0.4 is 0 Å². The zero-order chi connectivity index (χ0) is 19.3. The van der Waals surface area contributed by atoms with Crippen LogP contribution in [-0.2, 0) is 11.3 Å². The first-order valence-electron chi connectivity index (χ1n) is 7.78. The van der Waals surface area contributed by atoms with E-state index in [0.717, 1.165) is 12.1 Å². The second-order valence-corrected chi connectivity index (χ2v) is 5.53. The minimum atomic E-state index is -0.744. The highest BCUT2D eigenvalue weighted by Crippen LogP contribution is 2.20. The Bertz CT molecular complexity index is 836. The van der Waals surface area contributed by atoms with Gasteiger partial charge in [-0.2, -0.15) is 0 Å². The summed E-state index contributed by atoms with van der Waals surface area (Å²) in [5, 5.41) is 11.1. The lowest BCUT2D eigenvalue weighted by atomic mass is 10.1. The van der Waals surface area contributed by atoms with E-state index >= 15 is 0 Å². The van der Waals surface area contributed by atoms with Crippen LogP contribution in [0, 0.1) is 15.9 Å². The maximum atomic E-state index is 13.0.